The smallest absolute Gasteiger partial charge is 0.0834 e. The van der Waals surface area contributed by atoms with Crippen molar-refractivity contribution >= 4 is 0 Å². The van der Waals surface area contributed by atoms with Gasteiger partial charge in [-0.25, -0.2) is 0 Å². The van der Waals surface area contributed by atoms with E-state index in [2.05, 4.69) is 71.3 Å². The normalized spacial score (nSPS) is 26.2. The lowest BCUT2D eigenvalue weighted by Gasteiger charge is -2.35. The quantitative estimate of drug-likeness (QED) is 0.941. The van der Waals surface area contributed by atoms with Gasteiger partial charge in [-0.3, -0.25) is 9.80 Å². The topological polar surface area (TPSA) is 26.7 Å². The molecule has 0 radical (unpaired) electrons. The predicted octanol–water partition coefficient (Wildman–Crippen LogP) is 2.85. The van der Waals surface area contributed by atoms with Crippen molar-refractivity contribution in [2.75, 3.05) is 19.6 Å². The number of aliphatic hydroxyl groups is 1. The van der Waals surface area contributed by atoms with Gasteiger partial charge in [-0.2, -0.15) is 0 Å². The summed E-state index contributed by atoms with van der Waals surface area (Å²) in [6, 6.07) is 19.9. The molecular formula is C21H26N2O. The van der Waals surface area contributed by atoms with E-state index < -0.39 is 0 Å². The van der Waals surface area contributed by atoms with Gasteiger partial charge in [-0.1, -0.05) is 54.6 Å². The predicted molar refractivity (Wildman–Crippen MR) is 96.8 cm³/mol. The Morgan fingerprint density at radius 3 is 2.46 bits per heavy atom. The van der Waals surface area contributed by atoms with Gasteiger partial charge in [0, 0.05) is 38.3 Å². The zero-order valence-corrected chi connectivity index (χ0v) is 14.3. The fraction of sp³-hybridized carbons (Fsp3) is 0.429. The molecule has 0 bridgehead atoms. The minimum atomic E-state index is -0.263. The number of fused-ring (bicyclic) bond motifs is 1. The van der Waals surface area contributed by atoms with Gasteiger partial charge >= 0.3 is 0 Å². The molecule has 0 saturated carbocycles. The van der Waals surface area contributed by atoms with E-state index >= 15 is 0 Å². The minimum absolute atomic E-state index is 0.240. The zero-order chi connectivity index (χ0) is 16.5. The second kappa shape index (κ2) is 6.67. The van der Waals surface area contributed by atoms with E-state index in [0.717, 1.165) is 32.6 Å². The Morgan fingerprint density at radius 1 is 0.958 bits per heavy atom. The lowest BCUT2D eigenvalue weighted by Crippen LogP contribution is -2.45. The first-order valence-electron chi connectivity index (χ1n) is 9.00. The van der Waals surface area contributed by atoms with Gasteiger partial charge in [0.1, 0.15) is 0 Å². The molecule has 24 heavy (non-hydrogen) atoms. The van der Waals surface area contributed by atoms with Crippen LogP contribution in [0.1, 0.15) is 29.7 Å². The summed E-state index contributed by atoms with van der Waals surface area (Å²) in [5.41, 5.74) is 4.22. The molecule has 0 amide bonds. The Hall–Kier alpha value is -1.68. The van der Waals surface area contributed by atoms with Crippen LogP contribution in [0.15, 0.2) is 54.6 Å². The maximum atomic E-state index is 10.7. The van der Waals surface area contributed by atoms with Crippen molar-refractivity contribution in [3.05, 3.63) is 71.3 Å². The van der Waals surface area contributed by atoms with Crippen molar-refractivity contribution in [2.24, 2.45) is 0 Å². The van der Waals surface area contributed by atoms with Crippen LogP contribution < -0.4 is 0 Å². The monoisotopic (exact) mass is 322 g/mol. The van der Waals surface area contributed by atoms with Gasteiger partial charge in [0.15, 0.2) is 0 Å². The van der Waals surface area contributed by atoms with Gasteiger partial charge in [0.25, 0.3) is 0 Å². The van der Waals surface area contributed by atoms with Gasteiger partial charge < -0.3 is 5.11 Å². The highest BCUT2D eigenvalue weighted by Crippen LogP contribution is 2.29. The molecule has 1 N–H and O–H groups in total. The van der Waals surface area contributed by atoms with Crippen molar-refractivity contribution in [3.8, 4) is 0 Å². The molecule has 0 unspecified atom stereocenters. The Morgan fingerprint density at radius 2 is 1.67 bits per heavy atom. The van der Waals surface area contributed by atoms with Crippen molar-refractivity contribution < 1.29 is 5.11 Å². The Kier molecular flexibility index (Phi) is 4.40. The van der Waals surface area contributed by atoms with Gasteiger partial charge in [0.2, 0.25) is 0 Å². The third-order valence-electron chi connectivity index (χ3n) is 5.75. The molecule has 2 aromatic carbocycles. The van der Waals surface area contributed by atoms with E-state index in [0.29, 0.717) is 6.04 Å². The second-order valence-electron chi connectivity index (χ2n) is 7.16. The van der Waals surface area contributed by atoms with Crippen LogP contribution in [0.25, 0.3) is 0 Å². The maximum Gasteiger partial charge on any atom is 0.0834 e. The molecule has 1 fully saturated rings. The SMILES string of the molecule is C[C@@H](c1ccccc1)N1C[C@@H](O)[C@H](N2CCc3ccccc3C2)C1. The fourth-order valence-electron chi connectivity index (χ4n) is 4.22. The molecule has 3 nitrogen and oxygen atoms in total. The largest absolute Gasteiger partial charge is 0.390 e. The van der Waals surface area contributed by atoms with Crippen molar-refractivity contribution in [1.29, 1.82) is 0 Å². The number of hydrogen-bond acceptors (Lipinski definition) is 3. The second-order valence-corrected chi connectivity index (χ2v) is 7.16. The number of likely N-dealkylation sites (tertiary alicyclic amines) is 1. The van der Waals surface area contributed by atoms with Crippen molar-refractivity contribution in [1.82, 2.24) is 9.80 Å². The highest BCUT2D eigenvalue weighted by atomic mass is 16.3. The summed E-state index contributed by atoms with van der Waals surface area (Å²) in [5.74, 6) is 0. The van der Waals surface area contributed by atoms with Crippen molar-refractivity contribution in [3.63, 3.8) is 0 Å². The molecule has 3 atom stereocenters. The average molecular weight is 322 g/mol. The van der Waals surface area contributed by atoms with Crippen molar-refractivity contribution in [2.45, 2.75) is 38.1 Å². The zero-order valence-electron chi connectivity index (χ0n) is 14.3. The van der Waals surface area contributed by atoms with E-state index in [1.165, 1.54) is 16.7 Å². The van der Waals surface area contributed by atoms with Crippen LogP contribution >= 0.6 is 0 Å². The Bertz CT molecular complexity index is 687. The third kappa shape index (κ3) is 3.00. The number of β-amino-alcohol motifs (C(OH)–C–C–N with tert-alkyl or cyclic N) is 1. The molecule has 0 aromatic heterocycles. The molecule has 2 aliphatic rings. The van der Waals surface area contributed by atoms with E-state index in [4.69, 9.17) is 0 Å². The molecule has 126 valence electrons. The summed E-state index contributed by atoms with van der Waals surface area (Å²) in [6.07, 6.45) is 0.828. The van der Waals surface area contributed by atoms with Crippen LogP contribution in [-0.2, 0) is 13.0 Å². The summed E-state index contributed by atoms with van der Waals surface area (Å²) in [4.78, 5) is 4.90. The molecule has 2 aliphatic heterocycles. The van der Waals surface area contributed by atoms with Crippen LogP contribution in [-0.4, -0.2) is 46.7 Å². The van der Waals surface area contributed by atoms with Gasteiger partial charge in [-0.15, -0.1) is 0 Å². The highest BCUT2D eigenvalue weighted by Gasteiger charge is 2.38. The number of aliphatic hydroxyl groups excluding tert-OH is 1. The van der Waals surface area contributed by atoms with Crippen LogP contribution in [0.2, 0.25) is 0 Å². The van der Waals surface area contributed by atoms with Crippen LogP contribution in [0.3, 0.4) is 0 Å². The minimum Gasteiger partial charge on any atom is -0.390 e. The first-order chi connectivity index (χ1) is 11.7. The Balaban J connectivity index is 1.46. The number of nitrogens with zero attached hydrogens (tertiary/aromatic N) is 2. The number of hydrogen-bond donors (Lipinski definition) is 1. The maximum absolute atomic E-state index is 10.7. The molecule has 1 saturated heterocycles. The highest BCUT2D eigenvalue weighted by molar-refractivity contribution is 5.29. The molecule has 0 aliphatic carbocycles. The lowest BCUT2D eigenvalue weighted by molar-refractivity contribution is 0.0745. The summed E-state index contributed by atoms with van der Waals surface area (Å²) in [7, 11) is 0. The summed E-state index contributed by atoms with van der Waals surface area (Å²) >= 11 is 0. The fourth-order valence-corrected chi connectivity index (χ4v) is 4.22. The molecule has 4 rings (SSSR count). The summed E-state index contributed by atoms with van der Waals surface area (Å²) < 4.78 is 0. The molecule has 2 aromatic rings. The van der Waals surface area contributed by atoms with Crippen LogP contribution in [0, 0.1) is 0 Å². The lowest BCUT2D eigenvalue weighted by atomic mass is 9.98. The number of benzene rings is 2. The van der Waals surface area contributed by atoms with Gasteiger partial charge in [0.05, 0.1) is 6.10 Å². The first-order valence-corrected chi connectivity index (χ1v) is 9.00. The standard InChI is InChI=1S/C21H26N2O/c1-16(17-7-3-2-4-8-17)23-14-20(21(24)15-23)22-12-11-18-9-5-6-10-19(18)13-22/h2-10,16,20-21,24H,11-15H2,1H3/t16-,20+,21+/m0/s1. The molecule has 3 heteroatoms. The third-order valence-corrected chi connectivity index (χ3v) is 5.75. The van der Waals surface area contributed by atoms with E-state index in [1.807, 2.05) is 0 Å². The molecule has 0 spiro atoms. The summed E-state index contributed by atoms with van der Waals surface area (Å²) in [5, 5.41) is 10.7. The van der Waals surface area contributed by atoms with Crippen LogP contribution in [0.5, 0.6) is 0 Å². The number of rotatable bonds is 3. The van der Waals surface area contributed by atoms with Gasteiger partial charge in [-0.05, 0) is 30.0 Å². The summed E-state index contributed by atoms with van der Waals surface area (Å²) in [6.45, 7) is 5.96. The average Bonchev–Trinajstić information content (AvgIpc) is 3.03. The van der Waals surface area contributed by atoms with E-state index in [-0.39, 0.29) is 12.1 Å². The van der Waals surface area contributed by atoms with Crippen LogP contribution in [0.4, 0.5) is 0 Å². The molecule has 2 heterocycles. The van der Waals surface area contributed by atoms with E-state index in [9.17, 15) is 5.11 Å². The Labute approximate surface area is 144 Å². The first kappa shape index (κ1) is 15.8. The van der Waals surface area contributed by atoms with E-state index in [1.54, 1.807) is 0 Å². The molecular weight excluding hydrogens is 296 g/mol.